The second-order valence-corrected chi connectivity index (χ2v) is 8.25. The van der Waals surface area contributed by atoms with Gasteiger partial charge >= 0.3 is 6.09 Å². The highest BCUT2D eigenvalue weighted by atomic mass is 16.6. The van der Waals surface area contributed by atoms with Gasteiger partial charge in [0.2, 0.25) is 11.3 Å². The zero-order valence-electron chi connectivity index (χ0n) is 18.2. The molecule has 3 aromatic carbocycles. The molecular formula is C27H25N2O4+. The minimum Gasteiger partial charge on any atom is -0.444 e. The number of nitrogens with one attached hydrogen (secondary N) is 1. The lowest BCUT2D eigenvalue weighted by Gasteiger charge is -2.32. The highest BCUT2D eigenvalue weighted by molar-refractivity contribution is 5.89. The summed E-state index contributed by atoms with van der Waals surface area (Å²) < 4.78 is 11.7. The maximum absolute atomic E-state index is 13.3. The molecule has 2 heterocycles. The average molecular weight is 442 g/mol. The smallest absolute Gasteiger partial charge is 0.421 e. The van der Waals surface area contributed by atoms with Crippen LogP contribution in [0.4, 0.5) is 10.7 Å². The van der Waals surface area contributed by atoms with E-state index in [4.69, 9.17) is 9.15 Å². The van der Waals surface area contributed by atoms with Crippen LogP contribution < -0.4 is 15.2 Å². The zero-order chi connectivity index (χ0) is 22.6. The number of fused-ring (bicyclic) bond motifs is 2. The van der Waals surface area contributed by atoms with Crippen LogP contribution in [0.25, 0.3) is 11.0 Å². The molecule has 0 fully saturated rings. The fraction of sp³-hybridized carbons (Fsp3) is 0.185. The summed E-state index contributed by atoms with van der Waals surface area (Å²) in [4.78, 5) is 29.0. The number of anilines is 1. The lowest BCUT2D eigenvalue weighted by Crippen LogP contribution is -3.13. The van der Waals surface area contributed by atoms with Gasteiger partial charge in [-0.25, -0.2) is 4.79 Å². The second-order valence-electron chi connectivity index (χ2n) is 8.25. The standard InChI is InChI=1S/C27H24N2O4/c30-25-22-13-7-8-14-24(22)33-26-23(25)17-28(16-15-20-9-3-1-4-10-20)19-29(26)27(31)32-18-21-11-5-2-6-12-21/h1-14H,15-19H2/p+1. The van der Waals surface area contributed by atoms with Gasteiger partial charge in [0.1, 0.15) is 24.3 Å². The average Bonchev–Trinajstić information content (AvgIpc) is 2.87. The Morgan fingerprint density at radius 3 is 2.33 bits per heavy atom. The Hall–Kier alpha value is -3.90. The maximum atomic E-state index is 13.3. The monoisotopic (exact) mass is 441 g/mol. The molecule has 1 aliphatic rings. The second kappa shape index (κ2) is 9.30. The van der Waals surface area contributed by atoms with Crippen LogP contribution in [0.1, 0.15) is 16.7 Å². The van der Waals surface area contributed by atoms with Crippen molar-refractivity contribution in [3.63, 3.8) is 0 Å². The van der Waals surface area contributed by atoms with Crippen molar-refractivity contribution in [1.82, 2.24) is 0 Å². The molecule has 1 aliphatic heterocycles. The number of carbonyl (C=O) groups is 1. The first kappa shape index (κ1) is 21.0. The van der Waals surface area contributed by atoms with Crippen molar-refractivity contribution in [2.24, 2.45) is 0 Å². The number of ether oxygens (including phenoxy) is 1. The molecule has 1 aromatic heterocycles. The van der Waals surface area contributed by atoms with Crippen LogP contribution in [0.15, 0.2) is 94.1 Å². The molecule has 0 saturated heterocycles. The molecule has 33 heavy (non-hydrogen) atoms. The Bertz CT molecular complexity index is 1320. The normalized spacial score (nSPS) is 15.3. The fourth-order valence-electron chi connectivity index (χ4n) is 4.22. The van der Waals surface area contributed by atoms with Gasteiger partial charge < -0.3 is 14.1 Å². The van der Waals surface area contributed by atoms with E-state index in [1.165, 1.54) is 10.5 Å². The van der Waals surface area contributed by atoms with E-state index in [2.05, 4.69) is 12.1 Å². The molecule has 1 unspecified atom stereocenters. The summed E-state index contributed by atoms with van der Waals surface area (Å²) in [6.07, 6.45) is 0.326. The predicted molar refractivity (Wildman–Crippen MR) is 126 cm³/mol. The summed E-state index contributed by atoms with van der Waals surface area (Å²) in [6.45, 7) is 1.80. The first-order valence-electron chi connectivity index (χ1n) is 11.1. The highest BCUT2D eigenvalue weighted by Gasteiger charge is 2.35. The van der Waals surface area contributed by atoms with E-state index >= 15 is 0 Å². The van der Waals surface area contributed by atoms with Gasteiger partial charge in [0, 0.05) is 6.42 Å². The topological polar surface area (TPSA) is 64.2 Å². The molecule has 1 atom stereocenters. The van der Waals surface area contributed by atoms with Crippen LogP contribution in [0.3, 0.4) is 0 Å². The van der Waals surface area contributed by atoms with Gasteiger partial charge in [0.25, 0.3) is 0 Å². The summed E-state index contributed by atoms with van der Waals surface area (Å²) in [6, 6.07) is 26.9. The third-order valence-electron chi connectivity index (χ3n) is 5.96. The van der Waals surface area contributed by atoms with Gasteiger partial charge in [-0.3, -0.25) is 4.79 Å². The molecule has 4 aromatic rings. The minimum atomic E-state index is -0.518. The van der Waals surface area contributed by atoms with Crippen molar-refractivity contribution in [3.05, 3.63) is 112 Å². The SMILES string of the molecule is O=C(OCc1ccccc1)N1C[NH+](CCc2ccccc2)Cc2c1oc1ccccc1c2=O. The van der Waals surface area contributed by atoms with E-state index in [0.29, 0.717) is 35.6 Å². The van der Waals surface area contributed by atoms with Gasteiger partial charge in [0.15, 0.2) is 6.67 Å². The number of nitrogens with zero attached hydrogens (tertiary/aromatic N) is 1. The summed E-state index contributed by atoms with van der Waals surface area (Å²) >= 11 is 0. The molecule has 1 N–H and O–H groups in total. The van der Waals surface area contributed by atoms with Crippen molar-refractivity contribution < 1.29 is 18.8 Å². The van der Waals surface area contributed by atoms with E-state index in [0.717, 1.165) is 23.4 Å². The quantitative estimate of drug-likeness (QED) is 0.515. The van der Waals surface area contributed by atoms with Gasteiger partial charge in [-0.1, -0.05) is 72.8 Å². The van der Waals surface area contributed by atoms with Gasteiger partial charge in [-0.15, -0.1) is 0 Å². The lowest BCUT2D eigenvalue weighted by molar-refractivity contribution is -0.914. The van der Waals surface area contributed by atoms with E-state index < -0.39 is 6.09 Å². The van der Waals surface area contributed by atoms with Crippen molar-refractivity contribution in [1.29, 1.82) is 0 Å². The molecule has 0 saturated carbocycles. The van der Waals surface area contributed by atoms with Gasteiger partial charge in [-0.05, 0) is 23.3 Å². The van der Waals surface area contributed by atoms with E-state index in [1.54, 1.807) is 12.1 Å². The highest BCUT2D eigenvalue weighted by Crippen LogP contribution is 2.25. The number of carbonyl (C=O) groups excluding carboxylic acids is 1. The van der Waals surface area contributed by atoms with Gasteiger partial charge in [-0.2, -0.15) is 4.90 Å². The summed E-state index contributed by atoms with van der Waals surface area (Å²) in [5.41, 5.74) is 3.01. The van der Waals surface area contributed by atoms with Crippen LogP contribution >= 0.6 is 0 Å². The molecule has 0 spiro atoms. The number of amides is 1. The number of rotatable bonds is 5. The Kier molecular flexibility index (Phi) is 5.91. The van der Waals surface area contributed by atoms with Crippen molar-refractivity contribution in [2.75, 3.05) is 18.1 Å². The van der Waals surface area contributed by atoms with E-state index in [-0.39, 0.29) is 12.0 Å². The number of benzene rings is 3. The molecule has 6 heteroatoms. The Balaban J connectivity index is 1.44. The summed E-state index contributed by atoms with van der Waals surface area (Å²) in [7, 11) is 0. The first-order chi connectivity index (χ1) is 16.2. The molecule has 0 aliphatic carbocycles. The Morgan fingerprint density at radius 1 is 0.909 bits per heavy atom. The van der Waals surface area contributed by atoms with E-state index in [9.17, 15) is 9.59 Å². The van der Waals surface area contributed by atoms with Crippen molar-refractivity contribution in [3.8, 4) is 0 Å². The molecule has 5 rings (SSSR count). The summed E-state index contributed by atoms with van der Waals surface area (Å²) in [5, 5.41) is 0.526. The van der Waals surface area contributed by atoms with Crippen molar-refractivity contribution in [2.45, 2.75) is 19.6 Å². The molecule has 0 bridgehead atoms. The Morgan fingerprint density at radius 2 is 1.58 bits per heavy atom. The number of hydrogen-bond acceptors (Lipinski definition) is 4. The lowest BCUT2D eigenvalue weighted by atomic mass is 10.1. The number of hydrogen-bond donors (Lipinski definition) is 1. The van der Waals surface area contributed by atoms with Crippen LogP contribution in [0.2, 0.25) is 0 Å². The van der Waals surface area contributed by atoms with Crippen LogP contribution in [0, 0.1) is 0 Å². The summed E-state index contributed by atoms with van der Waals surface area (Å²) in [5.74, 6) is 0.292. The first-order valence-corrected chi connectivity index (χ1v) is 11.1. The van der Waals surface area contributed by atoms with Crippen LogP contribution in [-0.4, -0.2) is 19.3 Å². The number of quaternary nitrogens is 1. The predicted octanol–water partition coefficient (Wildman–Crippen LogP) is 3.53. The molecule has 1 amide bonds. The molecule has 6 nitrogen and oxygen atoms in total. The van der Waals surface area contributed by atoms with E-state index in [1.807, 2.05) is 60.7 Å². The third-order valence-corrected chi connectivity index (χ3v) is 5.96. The largest absolute Gasteiger partial charge is 0.444 e. The fourth-order valence-corrected chi connectivity index (χ4v) is 4.22. The third kappa shape index (κ3) is 4.52. The zero-order valence-corrected chi connectivity index (χ0v) is 18.2. The Labute approximate surface area is 191 Å². The number of para-hydroxylation sites is 1. The van der Waals surface area contributed by atoms with Crippen LogP contribution in [-0.2, 0) is 24.3 Å². The minimum absolute atomic E-state index is 0.0929. The van der Waals surface area contributed by atoms with Crippen molar-refractivity contribution >= 4 is 22.9 Å². The van der Waals surface area contributed by atoms with Gasteiger partial charge in [0.05, 0.1) is 11.9 Å². The molecule has 0 radical (unpaired) electrons. The molecule has 166 valence electrons. The van der Waals surface area contributed by atoms with Crippen LogP contribution in [0.5, 0.6) is 0 Å². The molecular weight excluding hydrogens is 416 g/mol. The maximum Gasteiger partial charge on any atom is 0.421 e.